The number of rotatable bonds is 17. The average Bonchev–Trinajstić information content (AvgIpc) is 3.63. The van der Waals surface area contributed by atoms with Crippen LogP contribution in [0.1, 0.15) is 70.3 Å². The molecule has 3 amide bonds. The van der Waals surface area contributed by atoms with Crippen LogP contribution < -0.4 is 5.73 Å². The van der Waals surface area contributed by atoms with E-state index >= 15 is 4.39 Å². The largest absolute Gasteiger partial charge is 0.481 e. The number of hydrogen-bond donors (Lipinski definition) is 2. The van der Waals surface area contributed by atoms with Gasteiger partial charge in [0.25, 0.3) is 11.8 Å². The van der Waals surface area contributed by atoms with E-state index in [2.05, 4.69) is 0 Å². The number of imide groups is 1. The van der Waals surface area contributed by atoms with Crippen molar-refractivity contribution in [2.45, 2.75) is 77.5 Å². The zero-order chi connectivity index (χ0) is 37.5. The lowest BCUT2D eigenvalue weighted by molar-refractivity contribution is -0.147. The first kappa shape index (κ1) is 38.7. The van der Waals surface area contributed by atoms with Gasteiger partial charge in [0.2, 0.25) is 5.91 Å². The Kier molecular flexibility index (Phi) is 12.7. The second-order valence-corrected chi connectivity index (χ2v) is 13.6. The molecule has 3 N–H and O–H groups in total. The molecule has 1 aliphatic rings. The summed E-state index contributed by atoms with van der Waals surface area (Å²) in [5.41, 5.74) is 6.04. The molecule has 51 heavy (non-hydrogen) atoms. The first-order chi connectivity index (χ1) is 24.1. The number of carbonyl (C=O) groups is 5. The van der Waals surface area contributed by atoms with E-state index in [1.54, 1.807) is 10.8 Å². The van der Waals surface area contributed by atoms with E-state index in [4.69, 9.17) is 10.7 Å². The smallest absolute Gasteiger partial charge is 0.303 e. The Balaban J connectivity index is 1.75. The minimum atomic E-state index is -1.40. The third-order valence-corrected chi connectivity index (χ3v) is 8.59. The van der Waals surface area contributed by atoms with E-state index in [1.165, 1.54) is 4.90 Å². The Morgan fingerprint density at radius 1 is 0.961 bits per heavy atom. The molecule has 4 rings (SSSR count). The number of carboxylic acids is 1. The summed E-state index contributed by atoms with van der Waals surface area (Å²) in [6, 6.07) is 9.12. The van der Waals surface area contributed by atoms with E-state index in [9.17, 15) is 37.9 Å². The Morgan fingerprint density at radius 2 is 1.63 bits per heavy atom. The molecule has 0 bridgehead atoms. The van der Waals surface area contributed by atoms with Gasteiger partial charge in [0.05, 0.1) is 17.8 Å². The maximum Gasteiger partial charge on any atom is 0.303 e. The Morgan fingerprint density at radius 3 is 2.24 bits per heavy atom. The second kappa shape index (κ2) is 16.7. The molecule has 0 aliphatic carbocycles. The zero-order valence-electron chi connectivity index (χ0n) is 28.7. The highest BCUT2D eigenvalue weighted by molar-refractivity contribution is 6.15. The predicted octanol–water partition coefficient (Wildman–Crippen LogP) is 4.99. The molecule has 1 aliphatic heterocycles. The van der Waals surface area contributed by atoms with E-state index in [0.717, 1.165) is 35.9 Å². The van der Waals surface area contributed by atoms with Gasteiger partial charge in [-0.25, -0.2) is 18.2 Å². The minimum Gasteiger partial charge on any atom is -0.481 e. The molecule has 0 spiro atoms. The van der Waals surface area contributed by atoms with Crippen molar-refractivity contribution in [1.82, 2.24) is 19.4 Å². The quantitative estimate of drug-likeness (QED) is 0.186. The number of halogens is 3. The van der Waals surface area contributed by atoms with Gasteiger partial charge in [-0.05, 0) is 42.0 Å². The molecule has 272 valence electrons. The summed E-state index contributed by atoms with van der Waals surface area (Å²) < 4.78 is 44.7. The topological polar surface area (TPSA) is 156 Å². The number of benzene rings is 2. The van der Waals surface area contributed by atoms with Crippen LogP contribution in [-0.2, 0) is 30.5 Å². The Bertz CT molecular complexity index is 1770. The van der Waals surface area contributed by atoms with Crippen molar-refractivity contribution >= 4 is 29.5 Å². The number of carboxylic acid groups (broad SMARTS) is 1. The van der Waals surface area contributed by atoms with Crippen molar-refractivity contribution in [2.75, 3.05) is 13.2 Å². The summed E-state index contributed by atoms with van der Waals surface area (Å²) >= 11 is 0. The van der Waals surface area contributed by atoms with E-state index in [1.807, 2.05) is 51.1 Å². The van der Waals surface area contributed by atoms with Crippen LogP contribution in [0.5, 0.6) is 0 Å². The summed E-state index contributed by atoms with van der Waals surface area (Å²) in [6.45, 7) is 4.88. The highest BCUT2D eigenvalue weighted by Crippen LogP contribution is 2.40. The summed E-state index contributed by atoms with van der Waals surface area (Å²) in [7, 11) is 0. The van der Waals surface area contributed by atoms with Gasteiger partial charge in [0.1, 0.15) is 24.1 Å². The molecule has 0 radical (unpaired) electrons. The summed E-state index contributed by atoms with van der Waals surface area (Å²) in [5, 5.41) is 9.24. The van der Waals surface area contributed by atoms with Gasteiger partial charge in [0.15, 0.2) is 5.78 Å². The fourth-order valence-corrected chi connectivity index (χ4v) is 6.11. The van der Waals surface area contributed by atoms with Gasteiger partial charge in [-0.15, -0.1) is 0 Å². The predicted molar refractivity (Wildman–Crippen MR) is 181 cm³/mol. The molecule has 0 fully saturated rings. The molecular formula is C37H42F3N5O6. The number of nitrogens with zero attached hydrogens (tertiary/aromatic N) is 4. The lowest BCUT2D eigenvalue weighted by atomic mass is 9.84. The Hall–Kier alpha value is -5.11. The normalized spacial score (nSPS) is 14.8. The number of Topliss-reactive ketones (excluding diaryl/α,β-unsaturated/α-hetero) is 1. The number of imidazole rings is 1. The molecule has 11 nitrogen and oxygen atoms in total. The van der Waals surface area contributed by atoms with Crippen molar-refractivity contribution in [1.29, 1.82) is 0 Å². The van der Waals surface area contributed by atoms with Crippen LogP contribution in [0, 0.1) is 17.0 Å². The van der Waals surface area contributed by atoms with Crippen LogP contribution >= 0.6 is 0 Å². The third kappa shape index (κ3) is 9.78. The standard InChI is InChI=1S/C37H42F3N5O6/c1-37(2,3)35(36-42-28(26-19-24(39)9-10-27(26)40)22-43(36)21-23-7-5-4-6-8-23)44(18-17-25(41)20-38)31(47)13-12-30(46)29(11-16-34(50)51)45-32(48)14-15-33(45)49/h4-10,14-15,19,22,25,29,35H,11-13,16-18,20-21,41H2,1-3H3,(H,50,51)/t25-,29-,35-/m0/s1. The number of aliphatic carboxylic acids is 1. The maximum atomic E-state index is 15.1. The minimum absolute atomic E-state index is 0.0389. The highest BCUT2D eigenvalue weighted by atomic mass is 19.1. The SMILES string of the molecule is CC(C)(C)[C@H](c1nc(-c2cc(F)ccc2F)cn1Cc1ccccc1)N(CC[C@H](N)CF)C(=O)CCC(=O)[C@H](CCC(=O)O)N1C(=O)C=CC1=O. The molecule has 0 unspecified atom stereocenters. The van der Waals surface area contributed by atoms with Gasteiger partial charge < -0.3 is 20.3 Å². The molecular weight excluding hydrogens is 667 g/mol. The van der Waals surface area contributed by atoms with Crippen LogP contribution in [0.25, 0.3) is 11.3 Å². The van der Waals surface area contributed by atoms with Crippen molar-refractivity contribution < 1.29 is 42.3 Å². The first-order valence-corrected chi connectivity index (χ1v) is 16.6. The number of ketones is 1. The van der Waals surface area contributed by atoms with E-state index < -0.39 is 90.6 Å². The lowest BCUT2D eigenvalue weighted by Crippen LogP contribution is -2.46. The van der Waals surface area contributed by atoms with Crippen LogP contribution in [0.15, 0.2) is 66.9 Å². The zero-order valence-corrected chi connectivity index (χ0v) is 28.7. The highest BCUT2D eigenvalue weighted by Gasteiger charge is 2.40. The van der Waals surface area contributed by atoms with Crippen LogP contribution in [0.2, 0.25) is 0 Å². The fraction of sp³-hybridized carbons (Fsp3) is 0.405. The summed E-state index contributed by atoms with van der Waals surface area (Å²) in [5.74, 6) is -5.06. The van der Waals surface area contributed by atoms with Crippen molar-refractivity contribution in [3.05, 3.63) is 89.9 Å². The van der Waals surface area contributed by atoms with Gasteiger partial charge in [-0.2, -0.15) is 0 Å². The molecule has 3 atom stereocenters. The van der Waals surface area contributed by atoms with Gasteiger partial charge in [0, 0.05) is 62.3 Å². The third-order valence-electron chi connectivity index (χ3n) is 8.59. The molecule has 0 saturated heterocycles. The molecule has 2 heterocycles. The monoisotopic (exact) mass is 709 g/mol. The van der Waals surface area contributed by atoms with Crippen LogP contribution in [0.4, 0.5) is 13.2 Å². The van der Waals surface area contributed by atoms with Gasteiger partial charge >= 0.3 is 5.97 Å². The number of aromatic nitrogens is 2. The van der Waals surface area contributed by atoms with Crippen molar-refractivity contribution in [3.63, 3.8) is 0 Å². The molecule has 14 heteroatoms. The van der Waals surface area contributed by atoms with Crippen LogP contribution in [0.3, 0.4) is 0 Å². The average molecular weight is 710 g/mol. The molecule has 3 aromatic rings. The second-order valence-electron chi connectivity index (χ2n) is 13.6. The number of alkyl halides is 1. The molecule has 0 saturated carbocycles. The number of nitrogens with two attached hydrogens (primary N) is 1. The fourth-order valence-electron chi connectivity index (χ4n) is 6.11. The van der Waals surface area contributed by atoms with Gasteiger partial charge in [-0.3, -0.25) is 28.9 Å². The maximum absolute atomic E-state index is 15.1. The van der Waals surface area contributed by atoms with Crippen molar-refractivity contribution in [3.8, 4) is 11.3 Å². The molecule has 2 aromatic carbocycles. The van der Waals surface area contributed by atoms with Crippen molar-refractivity contribution in [2.24, 2.45) is 11.1 Å². The summed E-state index contributed by atoms with van der Waals surface area (Å²) in [4.78, 5) is 70.8. The number of carbonyl (C=O) groups excluding carboxylic acids is 4. The van der Waals surface area contributed by atoms with Crippen LogP contribution in [-0.4, -0.2) is 79.2 Å². The number of hydrogen-bond acceptors (Lipinski definition) is 7. The van der Waals surface area contributed by atoms with E-state index in [-0.39, 0.29) is 37.2 Å². The van der Waals surface area contributed by atoms with E-state index in [0.29, 0.717) is 10.7 Å². The van der Waals surface area contributed by atoms with Gasteiger partial charge in [-0.1, -0.05) is 51.1 Å². The first-order valence-electron chi connectivity index (χ1n) is 16.6. The Labute approximate surface area is 293 Å². The number of amides is 3. The lowest BCUT2D eigenvalue weighted by Gasteiger charge is -2.40. The molecule has 1 aromatic heterocycles. The summed E-state index contributed by atoms with van der Waals surface area (Å²) in [6.07, 6.45) is 1.90.